The van der Waals surface area contributed by atoms with Crippen LogP contribution in [0.5, 0.6) is 5.75 Å². The molecule has 0 fully saturated rings. The number of hydrogen-bond acceptors (Lipinski definition) is 3. The van der Waals surface area contributed by atoms with E-state index >= 15 is 0 Å². The van der Waals surface area contributed by atoms with Crippen molar-refractivity contribution in [3.63, 3.8) is 0 Å². The third kappa shape index (κ3) is 1.72. The second kappa shape index (κ2) is 3.93. The van der Waals surface area contributed by atoms with Crippen molar-refractivity contribution in [3.8, 4) is 5.75 Å². The number of aliphatic hydroxyl groups is 1. The van der Waals surface area contributed by atoms with Gasteiger partial charge < -0.3 is 14.3 Å². The summed E-state index contributed by atoms with van der Waals surface area (Å²) in [6.07, 6.45) is 1.83. The Hall–Kier alpha value is -1.74. The minimum Gasteiger partial charge on any atom is -0.493 e. The first-order chi connectivity index (χ1) is 8.25. The Morgan fingerprint density at radius 2 is 2.24 bits per heavy atom. The molecule has 0 aliphatic carbocycles. The highest BCUT2D eigenvalue weighted by molar-refractivity contribution is 5.47. The summed E-state index contributed by atoms with van der Waals surface area (Å²) in [4.78, 5) is 0. The molecule has 1 aliphatic heterocycles. The van der Waals surface area contributed by atoms with Crippen LogP contribution in [0, 0.1) is 6.92 Å². The lowest BCUT2D eigenvalue weighted by Gasteiger charge is -2.12. The van der Waals surface area contributed by atoms with E-state index < -0.39 is 6.10 Å². The highest BCUT2D eigenvalue weighted by atomic mass is 16.5. The van der Waals surface area contributed by atoms with Crippen molar-refractivity contribution in [1.82, 2.24) is 0 Å². The summed E-state index contributed by atoms with van der Waals surface area (Å²) in [5, 5.41) is 10.3. The van der Waals surface area contributed by atoms with Crippen molar-refractivity contribution in [2.75, 3.05) is 6.61 Å². The predicted octanol–water partition coefficient (Wildman–Crippen LogP) is 2.60. The van der Waals surface area contributed by atoms with E-state index in [4.69, 9.17) is 9.15 Å². The van der Waals surface area contributed by atoms with E-state index in [1.54, 1.807) is 6.26 Å². The van der Waals surface area contributed by atoms with Gasteiger partial charge >= 0.3 is 0 Å². The van der Waals surface area contributed by atoms with Gasteiger partial charge in [0.25, 0.3) is 0 Å². The summed E-state index contributed by atoms with van der Waals surface area (Å²) in [5.74, 6) is 1.63. The fourth-order valence-corrected chi connectivity index (χ4v) is 2.24. The molecule has 0 bridgehead atoms. The number of aryl methyl sites for hydroxylation is 1. The van der Waals surface area contributed by atoms with Gasteiger partial charge in [0.15, 0.2) is 0 Å². The monoisotopic (exact) mass is 230 g/mol. The number of para-hydroxylation sites is 1. The van der Waals surface area contributed by atoms with Gasteiger partial charge in [-0.1, -0.05) is 18.2 Å². The molecule has 0 saturated heterocycles. The van der Waals surface area contributed by atoms with Gasteiger partial charge in [-0.3, -0.25) is 0 Å². The highest BCUT2D eigenvalue weighted by Crippen LogP contribution is 2.36. The molecule has 1 aromatic carbocycles. The molecular formula is C14H14O3. The number of ether oxygens (including phenoxy) is 1. The molecule has 1 aromatic heterocycles. The fourth-order valence-electron chi connectivity index (χ4n) is 2.24. The molecule has 2 aromatic rings. The second-order valence-corrected chi connectivity index (χ2v) is 4.33. The number of fused-ring (bicyclic) bond motifs is 1. The minimum atomic E-state index is -0.680. The summed E-state index contributed by atoms with van der Waals surface area (Å²) in [6.45, 7) is 2.56. The highest BCUT2D eigenvalue weighted by Gasteiger charge is 2.22. The van der Waals surface area contributed by atoms with Crippen LogP contribution < -0.4 is 4.74 Å². The fraction of sp³-hybridized carbons (Fsp3) is 0.286. The summed E-state index contributed by atoms with van der Waals surface area (Å²) < 4.78 is 10.8. The number of aliphatic hydroxyl groups excluding tert-OH is 1. The van der Waals surface area contributed by atoms with Crippen LogP contribution in [-0.2, 0) is 6.42 Å². The Bertz CT molecular complexity index is 542. The van der Waals surface area contributed by atoms with Crippen molar-refractivity contribution in [2.45, 2.75) is 19.4 Å². The molecule has 1 atom stereocenters. The molecule has 1 unspecified atom stereocenters. The first-order valence-electron chi connectivity index (χ1n) is 5.73. The molecule has 0 spiro atoms. The Kier molecular flexibility index (Phi) is 2.41. The average molecular weight is 230 g/mol. The van der Waals surface area contributed by atoms with Crippen molar-refractivity contribution < 1.29 is 14.3 Å². The van der Waals surface area contributed by atoms with Gasteiger partial charge in [0.1, 0.15) is 17.6 Å². The van der Waals surface area contributed by atoms with Crippen LogP contribution in [0.25, 0.3) is 0 Å². The molecule has 0 amide bonds. The van der Waals surface area contributed by atoms with Crippen LogP contribution >= 0.6 is 0 Å². The van der Waals surface area contributed by atoms with E-state index in [0.29, 0.717) is 6.61 Å². The molecule has 1 N–H and O–H groups in total. The molecule has 17 heavy (non-hydrogen) atoms. The largest absolute Gasteiger partial charge is 0.493 e. The van der Waals surface area contributed by atoms with Crippen LogP contribution in [0.15, 0.2) is 34.9 Å². The second-order valence-electron chi connectivity index (χ2n) is 4.33. The molecule has 3 nitrogen and oxygen atoms in total. The Labute approximate surface area is 99.6 Å². The SMILES string of the molecule is Cc1cc(C(O)c2cccc3c2OCC3)co1. The third-order valence-corrected chi connectivity index (χ3v) is 3.11. The van der Waals surface area contributed by atoms with E-state index in [-0.39, 0.29) is 0 Å². The molecule has 2 heterocycles. The number of rotatable bonds is 2. The summed E-state index contributed by atoms with van der Waals surface area (Å²) in [6, 6.07) is 7.74. The third-order valence-electron chi connectivity index (χ3n) is 3.11. The molecular weight excluding hydrogens is 216 g/mol. The molecule has 3 rings (SSSR count). The lowest BCUT2D eigenvalue weighted by Crippen LogP contribution is -2.00. The molecule has 1 aliphatic rings. The van der Waals surface area contributed by atoms with Crippen LogP contribution in [0.4, 0.5) is 0 Å². The quantitative estimate of drug-likeness (QED) is 0.862. The van der Waals surface area contributed by atoms with E-state index in [9.17, 15) is 5.11 Å². The van der Waals surface area contributed by atoms with Crippen LogP contribution in [0.2, 0.25) is 0 Å². The summed E-state index contributed by atoms with van der Waals surface area (Å²) >= 11 is 0. The zero-order chi connectivity index (χ0) is 11.8. The van der Waals surface area contributed by atoms with Crippen molar-refractivity contribution in [2.24, 2.45) is 0 Å². The maximum atomic E-state index is 10.3. The average Bonchev–Trinajstić information content (AvgIpc) is 2.95. The Morgan fingerprint density at radius 3 is 3.00 bits per heavy atom. The lowest BCUT2D eigenvalue weighted by atomic mass is 10.00. The van der Waals surface area contributed by atoms with E-state index in [0.717, 1.165) is 29.1 Å². The summed E-state index contributed by atoms with van der Waals surface area (Å²) in [7, 11) is 0. The standard InChI is InChI=1S/C14H14O3/c1-9-7-11(8-17-9)13(15)12-4-2-3-10-5-6-16-14(10)12/h2-4,7-8,13,15H,5-6H2,1H3. The lowest BCUT2D eigenvalue weighted by molar-refractivity contribution is 0.213. The number of benzene rings is 1. The van der Waals surface area contributed by atoms with Gasteiger partial charge in [-0.25, -0.2) is 0 Å². The maximum absolute atomic E-state index is 10.3. The topological polar surface area (TPSA) is 42.6 Å². The van der Waals surface area contributed by atoms with Gasteiger partial charge in [-0.2, -0.15) is 0 Å². The van der Waals surface area contributed by atoms with Crippen molar-refractivity contribution in [3.05, 3.63) is 53.0 Å². The molecule has 88 valence electrons. The van der Waals surface area contributed by atoms with Crippen molar-refractivity contribution >= 4 is 0 Å². The first-order valence-corrected chi connectivity index (χ1v) is 5.73. The van der Waals surface area contributed by atoms with Gasteiger partial charge in [0.05, 0.1) is 12.9 Å². The van der Waals surface area contributed by atoms with E-state index in [1.807, 2.05) is 31.2 Å². The predicted molar refractivity (Wildman–Crippen MR) is 63.1 cm³/mol. The summed E-state index contributed by atoms with van der Waals surface area (Å²) in [5.41, 5.74) is 2.76. The van der Waals surface area contributed by atoms with Gasteiger partial charge in [0, 0.05) is 17.5 Å². The Morgan fingerprint density at radius 1 is 1.35 bits per heavy atom. The molecule has 3 heteroatoms. The zero-order valence-electron chi connectivity index (χ0n) is 9.64. The van der Waals surface area contributed by atoms with Crippen LogP contribution in [-0.4, -0.2) is 11.7 Å². The normalized spacial score (nSPS) is 15.4. The zero-order valence-corrected chi connectivity index (χ0v) is 9.64. The van der Waals surface area contributed by atoms with Crippen LogP contribution in [0.1, 0.15) is 28.6 Å². The van der Waals surface area contributed by atoms with E-state index in [1.165, 1.54) is 5.56 Å². The van der Waals surface area contributed by atoms with Crippen molar-refractivity contribution in [1.29, 1.82) is 0 Å². The minimum absolute atomic E-state index is 0.680. The van der Waals surface area contributed by atoms with E-state index in [2.05, 4.69) is 0 Å². The van der Waals surface area contributed by atoms with Crippen LogP contribution in [0.3, 0.4) is 0 Å². The number of furan rings is 1. The molecule has 0 saturated carbocycles. The van der Waals surface area contributed by atoms with Gasteiger partial charge in [0.2, 0.25) is 0 Å². The van der Waals surface area contributed by atoms with Gasteiger partial charge in [-0.05, 0) is 18.6 Å². The Balaban J connectivity index is 2.02. The molecule has 0 radical (unpaired) electrons. The first kappa shape index (κ1) is 10.4. The number of hydrogen-bond donors (Lipinski definition) is 1. The van der Waals surface area contributed by atoms with Gasteiger partial charge in [-0.15, -0.1) is 0 Å². The smallest absolute Gasteiger partial charge is 0.128 e. The maximum Gasteiger partial charge on any atom is 0.128 e.